The summed E-state index contributed by atoms with van der Waals surface area (Å²) in [7, 11) is 0. The van der Waals surface area contributed by atoms with Gasteiger partial charge < -0.3 is 9.72 Å². The van der Waals surface area contributed by atoms with Gasteiger partial charge in [0, 0.05) is 22.5 Å². The highest BCUT2D eigenvalue weighted by molar-refractivity contribution is 5.85. The van der Waals surface area contributed by atoms with Crippen molar-refractivity contribution < 1.29 is 9.53 Å². The molecule has 3 nitrogen and oxygen atoms in total. The van der Waals surface area contributed by atoms with Crippen LogP contribution in [0.3, 0.4) is 0 Å². The second-order valence-electron chi connectivity index (χ2n) is 6.11. The van der Waals surface area contributed by atoms with Gasteiger partial charge in [-0.25, -0.2) is 0 Å². The van der Waals surface area contributed by atoms with Crippen LogP contribution < -0.4 is 0 Å². The highest BCUT2D eigenvalue weighted by Gasteiger charge is 2.29. The summed E-state index contributed by atoms with van der Waals surface area (Å²) in [6.45, 7) is 6.50. The van der Waals surface area contributed by atoms with Crippen LogP contribution in [0, 0.1) is 12.8 Å². The van der Waals surface area contributed by atoms with Crippen LogP contribution in [0.15, 0.2) is 35.9 Å². The molecule has 0 radical (unpaired) electrons. The second-order valence-corrected chi connectivity index (χ2v) is 6.11. The molecule has 0 fully saturated rings. The van der Waals surface area contributed by atoms with E-state index in [9.17, 15) is 4.79 Å². The van der Waals surface area contributed by atoms with Gasteiger partial charge in [0.05, 0.1) is 12.5 Å². The quantitative estimate of drug-likeness (QED) is 0.670. The van der Waals surface area contributed by atoms with Gasteiger partial charge in [-0.1, -0.05) is 29.8 Å². The molecule has 1 aliphatic carbocycles. The summed E-state index contributed by atoms with van der Waals surface area (Å²) in [5.74, 6) is 0.230. The summed E-state index contributed by atoms with van der Waals surface area (Å²) in [6.07, 6.45) is 4.11. The molecule has 0 bridgehead atoms. The van der Waals surface area contributed by atoms with Crippen LogP contribution in [0.1, 0.15) is 43.9 Å². The van der Waals surface area contributed by atoms with Gasteiger partial charge >= 0.3 is 5.97 Å². The van der Waals surface area contributed by atoms with Crippen LogP contribution in [0.4, 0.5) is 0 Å². The fourth-order valence-corrected chi connectivity index (χ4v) is 3.64. The first-order valence-electron chi connectivity index (χ1n) is 8.04. The number of allylic oxidation sites excluding steroid dienone is 1. The van der Waals surface area contributed by atoms with Gasteiger partial charge in [0.2, 0.25) is 0 Å². The molecule has 3 rings (SSSR count). The van der Waals surface area contributed by atoms with Crippen LogP contribution in [-0.4, -0.2) is 17.6 Å². The van der Waals surface area contributed by atoms with Gasteiger partial charge in [-0.3, -0.25) is 4.79 Å². The molecule has 0 unspecified atom stereocenters. The molecule has 2 atom stereocenters. The highest BCUT2D eigenvalue weighted by atomic mass is 16.5. The lowest BCUT2D eigenvalue weighted by atomic mass is 9.79. The largest absolute Gasteiger partial charge is 0.466 e. The van der Waals surface area contributed by atoms with Gasteiger partial charge in [0.1, 0.15) is 0 Å². The van der Waals surface area contributed by atoms with Crippen LogP contribution >= 0.6 is 0 Å². The lowest BCUT2D eigenvalue weighted by Crippen LogP contribution is -2.23. The third-order valence-electron chi connectivity index (χ3n) is 4.67. The highest BCUT2D eigenvalue weighted by Crippen LogP contribution is 2.39. The van der Waals surface area contributed by atoms with Gasteiger partial charge in [0.15, 0.2) is 0 Å². The molecule has 2 aromatic rings. The summed E-state index contributed by atoms with van der Waals surface area (Å²) in [6, 6.07) is 8.43. The van der Waals surface area contributed by atoms with Crippen LogP contribution in [0.25, 0.3) is 10.9 Å². The number of aromatic nitrogens is 1. The Morgan fingerprint density at radius 3 is 2.77 bits per heavy atom. The van der Waals surface area contributed by atoms with E-state index in [0.717, 1.165) is 18.4 Å². The third kappa shape index (κ3) is 2.56. The number of benzene rings is 1. The second kappa shape index (κ2) is 5.99. The Hall–Kier alpha value is -2.03. The number of carbonyl (C=O) groups is 1. The smallest absolute Gasteiger partial charge is 0.313 e. The Morgan fingerprint density at radius 1 is 1.27 bits per heavy atom. The molecule has 0 saturated heterocycles. The number of rotatable bonds is 3. The molecule has 3 heteroatoms. The maximum Gasteiger partial charge on any atom is 0.313 e. The molecule has 0 saturated carbocycles. The summed E-state index contributed by atoms with van der Waals surface area (Å²) >= 11 is 0. The third-order valence-corrected chi connectivity index (χ3v) is 4.67. The van der Waals surface area contributed by atoms with E-state index in [-0.39, 0.29) is 11.9 Å². The fraction of sp³-hybridized carbons (Fsp3) is 0.421. The van der Waals surface area contributed by atoms with Crippen LogP contribution in [-0.2, 0) is 9.53 Å². The molecule has 116 valence electrons. The average molecular weight is 297 g/mol. The zero-order valence-electron chi connectivity index (χ0n) is 13.5. The molecule has 0 spiro atoms. The van der Waals surface area contributed by atoms with Gasteiger partial charge in [-0.15, -0.1) is 0 Å². The number of fused-ring (bicyclic) bond motifs is 1. The summed E-state index contributed by atoms with van der Waals surface area (Å²) < 4.78 is 5.19. The number of nitrogens with one attached hydrogen (secondary N) is 1. The van der Waals surface area contributed by atoms with E-state index < -0.39 is 0 Å². The van der Waals surface area contributed by atoms with E-state index in [1.165, 1.54) is 22.2 Å². The first-order valence-corrected chi connectivity index (χ1v) is 8.04. The van der Waals surface area contributed by atoms with E-state index in [4.69, 9.17) is 4.74 Å². The van der Waals surface area contributed by atoms with Crippen LogP contribution in [0.2, 0.25) is 0 Å². The molecular formula is C19H23NO2. The van der Waals surface area contributed by atoms with Crippen molar-refractivity contribution in [3.63, 3.8) is 0 Å². The molecule has 1 heterocycles. The number of carbonyl (C=O) groups excluding carboxylic acids is 1. The fourth-order valence-electron chi connectivity index (χ4n) is 3.64. The van der Waals surface area contributed by atoms with E-state index in [1.54, 1.807) is 0 Å². The van der Waals surface area contributed by atoms with E-state index in [0.29, 0.717) is 12.5 Å². The van der Waals surface area contributed by atoms with Crippen molar-refractivity contribution in [3.8, 4) is 0 Å². The molecule has 22 heavy (non-hydrogen) atoms. The molecule has 1 N–H and O–H groups in total. The van der Waals surface area contributed by atoms with Crippen LogP contribution in [0.5, 0.6) is 0 Å². The van der Waals surface area contributed by atoms with Crippen molar-refractivity contribution in [2.24, 2.45) is 5.92 Å². The van der Waals surface area contributed by atoms with E-state index in [1.807, 2.05) is 6.92 Å². The number of para-hydroxylation sites is 1. The Bertz CT molecular complexity index is 726. The Kier molecular flexibility index (Phi) is 4.06. The van der Waals surface area contributed by atoms with Gasteiger partial charge in [0.25, 0.3) is 0 Å². The van der Waals surface area contributed by atoms with Crippen molar-refractivity contribution in [1.29, 1.82) is 0 Å². The van der Waals surface area contributed by atoms with Crippen molar-refractivity contribution in [2.75, 3.05) is 6.61 Å². The predicted molar refractivity (Wildman–Crippen MR) is 88.9 cm³/mol. The van der Waals surface area contributed by atoms with E-state index in [2.05, 4.69) is 49.2 Å². The SMILES string of the molecule is CCOC(=O)[C@H]1CC[C@H](c2c(C)[nH]c3ccccc23)C=C1C. The number of aryl methyl sites for hydroxylation is 1. The Labute approximate surface area is 131 Å². The first kappa shape index (κ1) is 14.9. The first-order chi connectivity index (χ1) is 10.6. The lowest BCUT2D eigenvalue weighted by molar-refractivity contribution is -0.147. The average Bonchev–Trinajstić information content (AvgIpc) is 2.83. The Balaban J connectivity index is 1.93. The molecule has 1 aliphatic rings. The summed E-state index contributed by atoms with van der Waals surface area (Å²) in [4.78, 5) is 15.5. The summed E-state index contributed by atoms with van der Waals surface area (Å²) in [5, 5.41) is 1.30. The zero-order chi connectivity index (χ0) is 15.7. The normalized spacial score (nSPS) is 21.7. The monoisotopic (exact) mass is 297 g/mol. The minimum atomic E-state index is -0.0784. The molecule has 1 aromatic carbocycles. The number of hydrogen-bond donors (Lipinski definition) is 1. The molecule has 0 amide bonds. The van der Waals surface area contributed by atoms with Crippen molar-refractivity contribution in [3.05, 3.63) is 47.2 Å². The molecule has 1 aromatic heterocycles. The Morgan fingerprint density at radius 2 is 2.05 bits per heavy atom. The maximum atomic E-state index is 12.0. The number of aromatic amines is 1. The van der Waals surface area contributed by atoms with Crippen molar-refractivity contribution >= 4 is 16.9 Å². The number of hydrogen-bond acceptors (Lipinski definition) is 2. The number of esters is 1. The van der Waals surface area contributed by atoms with E-state index >= 15 is 0 Å². The zero-order valence-corrected chi connectivity index (χ0v) is 13.5. The van der Waals surface area contributed by atoms with Gasteiger partial charge in [-0.05, 0) is 45.2 Å². The number of ether oxygens (including phenoxy) is 1. The minimum absolute atomic E-state index is 0.0679. The predicted octanol–water partition coefficient (Wildman–Crippen LogP) is 4.48. The summed E-state index contributed by atoms with van der Waals surface area (Å²) in [5.41, 5.74) is 4.93. The molecule has 0 aliphatic heterocycles. The van der Waals surface area contributed by atoms with Crippen molar-refractivity contribution in [1.82, 2.24) is 4.98 Å². The van der Waals surface area contributed by atoms with Crippen molar-refractivity contribution in [2.45, 2.75) is 39.5 Å². The minimum Gasteiger partial charge on any atom is -0.466 e. The topological polar surface area (TPSA) is 42.1 Å². The lowest BCUT2D eigenvalue weighted by Gasteiger charge is -2.26. The maximum absolute atomic E-state index is 12.0. The molecular weight excluding hydrogens is 274 g/mol. The van der Waals surface area contributed by atoms with Gasteiger partial charge in [-0.2, -0.15) is 0 Å². The number of H-pyrrole nitrogens is 1. The standard InChI is InChI=1S/C19H23NO2/c1-4-22-19(21)15-10-9-14(11-12(15)2)18-13(3)20-17-8-6-5-7-16(17)18/h5-8,11,14-15,20H,4,9-10H2,1-3H3/t14-,15-/m0/s1.